The molecule has 1 amide bonds. The number of carbonyl (C=O) groups excluding carboxylic acids is 2. The summed E-state index contributed by atoms with van der Waals surface area (Å²) >= 11 is 0. The number of methoxy groups -OCH3 is 1. The first kappa shape index (κ1) is 15.2. The molecule has 0 aliphatic heterocycles. The van der Waals surface area contributed by atoms with Gasteiger partial charge in [-0.25, -0.2) is 0 Å². The van der Waals surface area contributed by atoms with Crippen LogP contribution in [-0.2, 0) is 19.1 Å². The highest BCUT2D eigenvalue weighted by Crippen LogP contribution is 2.26. The van der Waals surface area contributed by atoms with E-state index < -0.39 is 23.8 Å². The minimum Gasteiger partial charge on any atom is -0.481 e. The van der Waals surface area contributed by atoms with E-state index in [2.05, 4.69) is 10.1 Å². The van der Waals surface area contributed by atoms with Crippen LogP contribution in [-0.4, -0.2) is 36.1 Å². The normalized spacial score (nSPS) is 23.5. The zero-order chi connectivity index (χ0) is 14.4. The lowest BCUT2D eigenvalue weighted by molar-refractivity contribution is -0.148. The first-order valence-corrected chi connectivity index (χ1v) is 6.20. The van der Waals surface area contributed by atoms with Gasteiger partial charge in [0.15, 0.2) is 0 Å². The second kappa shape index (κ2) is 6.92. The van der Waals surface area contributed by atoms with Gasteiger partial charge in [0.05, 0.1) is 25.4 Å². The summed E-state index contributed by atoms with van der Waals surface area (Å²) in [6.07, 6.45) is 4.43. The van der Waals surface area contributed by atoms with Gasteiger partial charge >= 0.3 is 11.9 Å². The minimum absolute atomic E-state index is 0.0720. The Bertz CT molecular complexity index is 390. The highest BCUT2D eigenvalue weighted by Gasteiger charge is 2.34. The van der Waals surface area contributed by atoms with E-state index in [1.807, 2.05) is 6.08 Å². The number of carbonyl (C=O) groups is 3. The van der Waals surface area contributed by atoms with Crippen LogP contribution in [0.4, 0.5) is 0 Å². The van der Waals surface area contributed by atoms with Gasteiger partial charge in [-0.3, -0.25) is 14.4 Å². The summed E-state index contributed by atoms with van der Waals surface area (Å²) in [5.74, 6) is -2.98. The Morgan fingerprint density at radius 3 is 2.42 bits per heavy atom. The van der Waals surface area contributed by atoms with Gasteiger partial charge < -0.3 is 15.2 Å². The predicted molar refractivity (Wildman–Crippen MR) is 67.2 cm³/mol. The van der Waals surface area contributed by atoms with Crippen molar-refractivity contribution in [1.29, 1.82) is 0 Å². The van der Waals surface area contributed by atoms with Gasteiger partial charge in [0.2, 0.25) is 5.91 Å². The van der Waals surface area contributed by atoms with E-state index in [1.165, 1.54) is 7.11 Å². The molecule has 0 saturated carbocycles. The van der Waals surface area contributed by atoms with Crippen LogP contribution in [0.1, 0.15) is 26.2 Å². The maximum absolute atomic E-state index is 12.0. The number of allylic oxidation sites excluding steroid dienone is 2. The molecule has 6 nitrogen and oxygen atoms in total. The molecule has 0 aromatic heterocycles. The van der Waals surface area contributed by atoms with Crippen molar-refractivity contribution in [2.45, 2.75) is 32.2 Å². The molecule has 0 fully saturated rings. The standard InChI is InChI=1S/C13H19NO5/c1-8(7-11(15)19-2)14-12(16)9-5-3-4-6-10(9)13(17)18/h3-4,8-10H,5-7H2,1-2H3,(H,14,16)(H,17,18)/t8?,9-,10+/m1/s1. The SMILES string of the molecule is COC(=O)CC(C)NC(=O)[C@@H]1CC=CC[C@@H]1C(=O)O. The molecule has 0 aromatic carbocycles. The molecule has 3 atom stereocenters. The van der Waals surface area contributed by atoms with Gasteiger partial charge in [-0.1, -0.05) is 12.2 Å². The number of aliphatic carboxylic acids is 1. The number of carboxylic acids is 1. The average Bonchev–Trinajstić information content (AvgIpc) is 2.38. The summed E-state index contributed by atoms with van der Waals surface area (Å²) < 4.78 is 4.51. The second-order valence-corrected chi connectivity index (χ2v) is 4.68. The van der Waals surface area contributed by atoms with Crippen molar-refractivity contribution in [2.75, 3.05) is 7.11 Å². The summed E-state index contributed by atoms with van der Waals surface area (Å²) in [6, 6.07) is -0.375. The average molecular weight is 269 g/mol. The molecule has 0 heterocycles. The van der Waals surface area contributed by atoms with E-state index in [4.69, 9.17) is 5.11 Å². The molecule has 0 bridgehead atoms. The van der Waals surface area contributed by atoms with Gasteiger partial charge in [0.25, 0.3) is 0 Å². The first-order chi connectivity index (χ1) is 8.95. The Morgan fingerprint density at radius 1 is 1.32 bits per heavy atom. The molecule has 6 heteroatoms. The maximum Gasteiger partial charge on any atom is 0.307 e. The van der Waals surface area contributed by atoms with Crippen molar-refractivity contribution >= 4 is 17.8 Å². The molecule has 2 N–H and O–H groups in total. The van der Waals surface area contributed by atoms with Crippen molar-refractivity contribution in [3.8, 4) is 0 Å². The van der Waals surface area contributed by atoms with Gasteiger partial charge in [-0.15, -0.1) is 0 Å². The molecule has 0 saturated heterocycles. The molecule has 0 radical (unpaired) electrons. The molecule has 0 spiro atoms. The summed E-state index contributed by atoms with van der Waals surface area (Å²) in [5.41, 5.74) is 0. The van der Waals surface area contributed by atoms with E-state index in [-0.39, 0.29) is 18.4 Å². The summed E-state index contributed by atoms with van der Waals surface area (Å²) in [5, 5.41) is 11.7. The molecule has 1 aliphatic rings. The van der Waals surface area contributed by atoms with Crippen molar-refractivity contribution in [3.05, 3.63) is 12.2 Å². The Labute approximate surface area is 111 Å². The van der Waals surface area contributed by atoms with Crippen LogP contribution in [0.3, 0.4) is 0 Å². The van der Waals surface area contributed by atoms with Crippen LogP contribution in [0.25, 0.3) is 0 Å². The van der Waals surface area contributed by atoms with Gasteiger partial charge in [0, 0.05) is 6.04 Å². The quantitative estimate of drug-likeness (QED) is 0.566. The fourth-order valence-electron chi connectivity index (χ4n) is 2.11. The van der Waals surface area contributed by atoms with Crippen LogP contribution in [0.5, 0.6) is 0 Å². The van der Waals surface area contributed by atoms with Crippen molar-refractivity contribution < 1.29 is 24.2 Å². The number of esters is 1. The smallest absolute Gasteiger partial charge is 0.307 e. The van der Waals surface area contributed by atoms with E-state index >= 15 is 0 Å². The number of hydrogen-bond donors (Lipinski definition) is 2. The van der Waals surface area contributed by atoms with Crippen LogP contribution >= 0.6 is 0 Å². The third-order valence-electron chi connectivity index (χ3n) is 3.18. The Hall–Kier alpha value is -1.85. The highest BCUT2D eigenvalue weighted by atomic mass is 16.5. The summed E-state index contributed by atoms with van der Waals surface area (Å²) in [7, 11) is 1.28. The summed E-state index contributed by atoms with van der Waals surface area (Å²) in [6.45, 7) is 1.68. The lowest BCUT2D eigenvalue weighted by Crippen LogP contribution is -2.43. The van der Waals surface area contributed by atoms with Crippen LogP contribution < -0.4 is 5.32 Å². The number of rotatable bonds is 5. The molecule has 0 aromatic rings. The van der Waals surface area contributed by atoms with Gasteiger partial charge in [-0.05, 0) is 19.8 Å². The monoisotopic (exact) mass is 269 g/mol. The zero-order valence-corrected chi connectivity index (χ0v) is 11.1. The molecule has 106 valence electrons. The molecule has 1 aliphatic carbocycles. The largest absolute Gasteiger partial charge is 0.481 e. The summed E-state index contributed by atoms with van der Waals surface area (Å²) in [4.78, 5) is 34.2. The third-order valence-corrected chi connectivity index (χ3v) is 3.18. The fraction of sp³-hybridized carbons (Fsp3) is 0.615. The Balaban J connectivity index is 2.58. The third kappa shape index (κ3) is 4.39. The molecular formula is C13H19NO5. The molecule has 1 rings (SSSR count). The fourth-order valence-corrected chi connectivity index (χ4v) is 2.11. The van der Waals surface area contributed by atoms with Crippen molar-refractivity contribution in [2.24, 2.45) is 11.8 Å². The van der Waals surface area contributed by atoms with E-state index in [1.54, 1.807) is 13.0 Å². The van der Waals surface area contributed by atoms with Gasteiger partial charge in [0.1, 0.15) is 0 Å². The van der Waals surface area contributed by atoms with Crippen LogP contribution in [0, 0.1) is 11.8 Å². The van der Waals surface area contributed by atoms with Crippen LogP contribution in [0.15, 0.2) is 12.2 Å². The lowest BCUT2D eigenvalue weighted by atomic mass is 9.82. The number of ether oxygens (including phenoxy) is 1. The van der Waals surface area contributed by atoms with Gasteiger partial charge in [-0.2, -0.15) is 0 Å². The Morgan fingerprint density at radius 2 is 1.89 bits per heavy atom. The number of nitrogens with one attached hydrogen (secondary N) is 1. The predicted octanol–water partition coefficient (Wildman–Crippen LogP) is 0.721. The Kier molecular flexibility index (Phi) is 5.54. The first-order valence-electron chi connectivity index (χ1n) is 6.20. The molecular weight excluding hydrogens is 250 g/mol. The van der Waals surface area contributed by atoms with E-state index in [9.17, 15) is 14.4 Å². The molecule has 19 heavy (non-hydrogen) atoms. The topological polar surface area (TPSA) is 92.7 Å². The van der Waals surface area contributed by atoms with Crippen molar-refractivity contribution in [1.82, 2.24) is 5.32 Å². The zero-order valence-electron chi connectivity index (χ0n) is 11.1. The number of carboxylic acid groups (broad SMARTS) is 1. The highest BCUT2D eigenvalue weighted by molar-refractivity contribution is 5.85. The molecule has 1 unspecified atom stereocenters. The second-order valence-electron chi connectivity index (χ2n) is 4.68. The number of hydrogen-bond acceptors (Lipinski definition) is 4. The van der Waals surface area contributed by atoms with Crippen molar-refractivity contribution in [3.63, 3.8) is 0 Å². The van der Waals surface area contributed by atoms with E-state index in [0.29, 0.717) is 12.8 Å². The maximum atomic E-state index is 12.0. The van der Waals surface area contributed by atoms with Crippen LogP contribution in [0.2, 0.25) is 0 Å². The minimum atomic E-state index is -0.967. The lowest BCUT2D eigenvalue weighted by Gasteiger charge is -2.25. The number of amides is 1. The van der Waals surface area contributed by atoms with E-state index in [0.717, 1.165) is 0 Å².